The van der Waals surface area contributed by atoms with Crippen molar-refractivity contribution in [3.63, 3.8) is 0 Å². The zero-order valence-electron chi connectivity index (χ0n) is 8.47. The van der Waals surface area contributed by atoms with Crippen molar-refractivity contribution in [3.8, 4) is 0 Å². The Kier molecular flexibility index (Phi) is 3.60. The molecule has 0 spiro atoms. The van der Waals surface area contributed by atoms with Crippen LogP contribution in [-0.4, -0.2) is 34.0 Å². The van der Waals surface area contributed by atoms with E-state index in [4.69, 9.17) is 5.11 Å². The summed E-state index contributed by atoms with van der Waals surface area (Å²) >= 11 is 1.52. The Balaban J connectivity index is 2.70. The number of carboxylic acids is 1. The van der Waals surface area contributed by atoms with Gasteiger partial charge in [-0.3, -0.25) is 9.69 Å². The van der Waals surface area contributed by atoms with Crippen LogP contribution < -0.4 is 0 Å². The van der Waals surface area contributed by atoms with Crippen molar-refractivity contribution in [1.29, 1.82) is 0 Å². The smallest absolute Gasteiger partial charge is 0.320 e. The Labute approximate surface area is 87.2 Å². The molecule has 0 bridgehead atoms. The molecule has 0 aromatic carbocycles. The summed E-state index contributed by atoms with van der Waals surface area (Å²) in [5, 5.41) is 10.8. The van der Waals surface area contributed by atoms with Gasteiger partial charge in [-0.15, -0.1) is 11.3 Å². The van der Waals surface area contributed by atoms with Crippen LogP contribution in [0, 0.1) is 0 Å². The largest absolute Gasteiger partial charge is 0.480 e. The number of carbonyl (C=O) groups is 1. The van der Waals surface area contributed by atoms with Gasteiger partial charge in [-0.25, -0.2) is 4.98 Å². The summed E-state index contributed by atoms with van der Waals surface area (Å²) in [6, 6.07) is -0.459. The fraction of sp³-hybridized carbons (Fsp3) is 0.556. The Hall–Kier alpha value is -0.940. The minimum Gasteiger partial charge on any atom is -0.480 e. The summed E-state index contributed by atoms with van der Waals surface area (Å²) in [6.07, 6.45) is 0. The molecule has 1 aromatic rings. The molecule has 14 heavy (non-hydrogen) atoms. The van der Waals surface area contributed by atoms with Gasteiger partial charge in [-0.2, -0.15) is 0 Å². The van der Waals surface area contributed by atoms with Crippen molar-refractivity contribution in [1.82, 2.24) is 9.88 Å². The van der Waals surface area contributed by atoms with Crippen LogP contribution >= 0.6 is 11.3 Å². The molecule has 0 aliphatic carbocycles. The number of likely N-dealkylation sites (N-methyl/N-ethyl adjacent to an activating group) is 1. The predicted octanol–water partition coefficient (Wildman–Crippen LogP) is 1.61. The number of thiazole rings is 1. The highest BCUT2D eigenvalue weighted by molar-refractivity contribution is 7.07. The van der Waals surface area contributed by atoms with E-state index >= 15 is 0 Å². The number of carboxylic acid groups (broad SMARTS) is 1. The number of aliphatic carboxylic acids is 1. The summed E-state index contributed by atoms with van der Waals surface area (Å²) < 4.78 is 0. The van der Waals surface area contributed by atoms with Crippen molar-refractivity contribution in [2.24, 2.45) is 0 Å². The molecule has 0 saturated heterocycles. The van der Waals surface area contributed by atoms with E-state index in [0.29, 0.717) is 0 Å². The second-order valence-electron chi connectivity index (χ2n) is 3.27. The minimum atomic E-state index is -0.811. The highest BCUT2D eigenvalue weighted by Crippen LogP contribution is 2.20. The van der Waals surface area contributed by atoms with Crippen LogP contribution in [0.2, 0.25) is 0 Å². The van der Waals surface area contributed by atoms with Crippen molar-refractivity contribution < 1.29 is 9.90 Å². The lowest BCUT2D eigenvalue weighted by Crippen LogP contribution is -2.37. The molecule has 1 aromatic heterocycles. The molecule has 1 rings (SSSR count). The maximum absolute atomic E-state index is 10.8. The molecule has 78 valence electrons. The normalized spacial score (nSPS) is 15.4. The molecule has 5 heteroatoms. The first-order valence-electron chi connectivity index (χ1n) is 4.37. The number of hydrogen-bond donors (Lipinski definition) is 1. The Bertz CT molecular complexity index is 300. The molecule has 1 N–H and O–H groups in total. The first kappa shape index (κ1) is 11.1. The Morgan fingerprint density at radius 2 is 2.29 bits per heavy atom. The van der Waals surface area contributed by atoms with Crippen molar-refractivity contribution in [2.75, 3.05) is 7.05 Å². The topological polar surface area (TPSA) is 53.4 Å². The van der Waals surface area contributed by atoms with Crippen LogP contribution in [0.5, 0.6) is 0 Å². The molecule has 2 unspecified atom stereocenters. The zero-order chi connectivity index (χ0) is 10.7. The monoisotopic (exact) mass is 214 g/mol. The van der Waals surface area contributed by atoms with Crippen LogP contribution in [-0.2, 0) is 4.79 Å². The maximum atomic E-state index is 10.8. The number of rotatable bonds is 4. The SMILES string of the molecule is CC(C(=O)O)N(C)C(C)c1cscn1. The second-order valence-corrected chi connectivity index (χ2v) is 3.99. The molecule has 0 aliphatic heterocycles. The summed E-state index contributed by atoms with van der Waals surface area (Å²) in [4.78, 5) is 16.7. The highest BCUT2D eigenvalue weighted by atomic mass is 32.1. The van der Waals surface area contributed by atoms with Crippen LogP contribution in [0.1, 0.15) is 25.6 Å². The van der Waals surface area contributed by atoms with E-state index in [2.05, 4.69) is 4.98 Å². The van der Waals surface area contributed by atoms with Crippen LogP contribution in [0.4, 0.5) is 0 Å². The molecule has 4 nitrogen and oxygen atoms in total. The Morgan fingerprint density at radius 1 is 1.64 bits per heavy atom. The van der Waals surface area contributed by atoms with Gasteiger partial charge >= 0.3 is 5.97 Å². The molecular weight excluding hydrogens is 200 g/mol. The molecule has 0 amide bonds. The van der Waals surface area contributed by atoms with Gasteiger partial charge in [0.15, 0.2) is 0 Å². The fourth-order valence-corrected chi connectivity index (χ4v) is 1.79. The maximum Gasteiger partial charge on any atom is 0.320 e. The third-order valence-electron chi connectivity index (χ3n) is 2.46. The third kappa shape index (κ3) is 2.30. The van der Waals surface area contributed by atoms with E-state index < -0.39 is 12.0 Å². The van der Waals surface area contributed by atoms with Crippen molar-refractivity contribution in [2.45, 2.75) is 25.9 Å². The van der Waals surface area contributed by atoms with E-state index in [1.54, 1.807) is 24.4 Å². The summed E-state index contributed by atoms with van der Waals surface area (Å²) in [5.41, 5.74) is 2.68. The average molecular weight is 214 g/mol. The summed E-state index contributed by atoms with van der Waals surface area (Å²) in [7, 11) is 1.79. The molecule has 0 aliphatic rings. The number of nitrogens with zero attached hydrogens (tertiary/aromatic N) is 2. The number of aromatic nitrogens is 1. The molecule has 0 saturated carbocycles. The summed E-state index contributed by atoms with van der Waals surface area (Å²) in [6.45, 7) is 3.62. The Morgan fingerprint density at radius 3 is 2.71 bits per heavy atom. The predicted molar refractivity (Wildman–Crippen MR) is 55.4 cm³/mol. The second kappa shape index (κ2) is 4.52. The van der Waals surface area contributed by atoms with Gasteiger partial charge in [0.1, 0.15) is 6.04 Å². The summed E-state index contributed by atoms with van der Waals surface area (Å²) in [5.74, 6) is -0.811. The van der Waals surface area contributed by atoms with E-state index in [9.17, 15) is 4.79 Å². The van der Waals surface area contributed by atoms with Crippen LogP contribution in [0.25, 0.3) is 0 Å². The van der Waals surface area contributed by atoms with Gasteiger partial charge in [0.25, 0.3) is 0 Å². The molecule has 1 heterocycles. The molecular formula is C9H14N2O2S. The third-order valence-corrected chi connectivity index (χ3v) is 3.06. The lowest BCUT2D eigenvalue weighted by Gasteiger charge is -2.26. The molecule has 2 atom stereocenters. The first-order valence-corrected chi connectivity index (χ1v) is 5.31. The van der Waals surface area contributed by atoms with E-state index in [1.165, 1.54) is 11.3 Å². The van der Waals surface area contributed by atoms with E-state index in [0.717, 1.165) is 5.69 Å². The van der Waals surface area contributed by atoms with Gasteiger partial charge in [0.05, 0.1) is 17.2 Å². The van der Waals surface area contributed by atoms with Gasteiger partial charge < -0.3 is 5.11 Å². The lowest BCUT2D eigenvalue weighted by molar-refractivity contribution is -0.142. The van der Waals surface area contributed by atoms with Gasteiger partial charge in [0.2, 0.25) is 0 Å². The van der Waals surface area contributed by atoms with E-state index in [-0.39, 0.29) is 6.04 Å². The standard InChI is InChI=1S/C9H14N2O2S/c1-6(8-4-14-5-10-8)11(3)7(2)9(12)13/h4-7H,1-3H3,(H,12,13). The minimum absolute atomic E-state index is 0.0346. The molecule has 0 fully saturated rings. The van der Waals surface area contributed by atoms with Crippen molar-refractivity contribution in [3.05, 3.63) is 16.6 Å². The van der Waals surface area contributed by atoms with Gasteiger partial charge in [0, 0.05) is 5.38 Å². The van der Waals surface area contributed by atoms with Crippen LogP contribution in [0.15, 0.2) is 10.9 Å². The average Bonchev–Trinajstić information content (AvgIpc) is 2.67. The molecule has 0 radical (unpaired) electrons. The quantitative estimate of drug-likeness (QED) is 0.827. The van der Waals surface area contributed by atoms with Crippen molar-refractivity contribution >= 4 is 17.3 Å². The zero-order valence-corrected chi connectivity index (χ0v) is 9.28. The fourth-order valence-electron chi connectivity index (χ4n) is 1.15. The van der Waals surface area contributed by atoms with Gasteiger partial charge in [-0.05, 0) is 20.9 Å². The van der Waals surface area contributed by atoms with Crippen LogP contribution in [0.3, 0.4) is 0 Å². The van der Waals surface area contributed by atoms with E-state index in [1.807, 2.05) is 12.3 Å². The number of hydrogen-bond acceptors (Lipinski definition) is 4. The first-order chi connectivity index (χ1) is 6.54. The lowest BCUT2D eigenvalue weighted by atomic mass is 10.2. The highest BCUT2D eigenvalue weighted by Gasteiger charge is 2.23. The van der Waals surface area contributed by atoms with Gasteiger partial charge in [-0.1, -0.05) is 0 Å².